The van der Waals surface area contributed by atoms with Gasteiger partial charge in [-0.15, -0.1) is 0 Å². The van der Waals surface area contributed by atoms with Crippen LogP contribution in [-0.2, 0) is 5.41 Å². The Morgan fingerprint density at radius 3 is 1.51 bits per heavy atom. The van der Waals surface area contributed by atoms with Gasteiger partial charge in [-0.25, -0.2) is 15.0 Å². The van der Waals surface area contributed by atoms with E-state index in [-0.39, 0.29) is 5.41 Å². The van der Waals surface area contributed by atoms with Gasteiger partial charge in [0.25, 0.3) is 0 Å². The summed E-state index contributed by atoms with van der Waals surface area (Å²) < 4.78 is 0. The maximum atomic E-state index is 9.46. The van der Waals surface area contributed by atoms with Gasteiger partial charge in [0.2, 0.25) is 0 Å². The van der Waals surface area contributed by atoms with Crippen LogP contribution in [0.5, 0.6) is 0 Å². The van der Waals surface area contributed by atoms with Crippen LogP contribution >= 0.6 is 0 Å². The predicted molar refractivity (Wildman–Crippen MR) is 242 cm³/mol. The molecule has 0 fully saturated rings. The largest absolute Gasteiger partial charge is 0.208 e. The van der Waals surface area contributed by atoms with Crippen molar-refractivity contribution in [3.63, 3.8) is 0 Å². The highest BCUT2D eigenvalue weighted by atomic mass is 15.0. The van der Waals surface area contributed by atoms with Crippen LogP contribution in [-0.4, -0.2) is 15.0 Å². The van der Waals surface area contributed by atoms with Crippen molar-refractivity contribution >= 4 is 32.3 Å². The topological polar surface area (TPSA) is 62.5 Å². The third-order valence-corrected chi connectivity index (χ3v) is 12.1. The summed E-state index contributed by atoms with van der Waals surface area (Å²) in [6.07, 6.45) is 0. The SMILES string of the molecule is CC1(C)c2ccccc2-c2ccc(-c3nc(-c4ccccc4)nc(-c4cccc(-c5cc6c7ccccc7c(-c7ccc(C#N)cc7)cc6c6ccccc56)c4)n3)cc21. The first kappa shape index (κ1) is 34.5. The molecule has 0 amide bonds. The van der Waals surface area contributed by atoms with Crippen molar-refractivity contribution in [2.45, 2.75) is 19.3 Å². The van der Waals surface area contributed by atoms with Gasteiger partial charge in [0, 0.05) is 22.1 Å². The molecule has 1 aliphatic rings. The van der Waals surface area contributed by atoms with Gasteiger partial charge in [-0.3, -0.25) is 0 Å². The minimum absolute atomic E-state index is 0.145. The molecule has 0 saturated heterocycles. The van der Waals surface area contributed by atoms with Crippen LogP contribution in [0, 0.1) is 11.3 Å². The number of nitriles is 1. The van der Waals surface area contributed by atoms with Gasteiger partial charge >= 0.3 is 0 Å². The van der Waals surface area contributed by atoms with Crippen LogP contribution < -0.4 is 0 Å². The highest BCUT2D eigenvalue weighted by Gasteiger charge is 2.35. The maximum absolute atomic E-state index is 9.46. The number of aromatic nitrogens is 3. The van der Waals surface area contributed by atoms with E-state index in [4.69, 9.17) is 15.0 Å². The van der Waals surface area contributed by atoms with E-state index in [1.165, 1.54) is 54.6 Å². The summed E-state index contributed by atoms with van der Waals surface area (Å²) in [6, 6.07) is 66.3. The summed E-state index contributed by atoms with van der Waals surface area (Å²) >= 11 is 0. The van der Waals surface area contributed by atoms with Crippen LogP contribution in [0.1, 0.15) is 30.5 Å². The fraction of sp³-hybridized carbons (Fsp3) is 0.0545. The molecule has 4 nitrogen and oxygen atoms in total. The summed E-state index contributed by atoms with van der Waals surface area (Å²) in [5.74, 6) is 1.91. The van der Waals surface area contributed by atoms with E-state index in [2.05, 4.69) is 159 Å². The van der Waals surface area contributed by atoms with Crippen molar-refractivity contribution in [2.24, 2.45) is 0 Å². The molecule has 11 rings (SSSR count). The van der Waals surface area contributed by atoms with Crippen LogP contribution in [0.3, 0.4) is 0 Å². The van der Waals surface area contributed by atoms with E-state index in [1.807, 2.05) is 42.5 Å². The average Bonchev–Trinajstić information content (AvgIpc) is 3.53. The number of fused-ring (bicyclic) bond motifs is 8. The molecule has 0 unspecified atom stereocenters. The maximum Gasteiger partial charge on any atom is 0.164 e. The molecule has 9 aromatic carbocycles. The van der Waals surface area contributed by atoms with Crippen molar-refractivity contribution in [3.8, 4) is 73.6 Å². The van der Waals surface area contributed by atoms with Crippen LogP contribution in [0.4, 0.5) is 0 Å². The Bertz CT molecular complexity index is 3360. The number of benzene rings is 9. The molecule has 276 valence electrons. The van der Waals surface area contributed by atoms with Gasteiger partial charge in [0.1, 0.15) is 0 Å². The molecule has 10 aromatic rings. The lowest BCUT2D eigenvalue weighted by Gasteiger charge is -2.21. The molecule has 1 aliphatic carbocycles. The first-order chi connectivity index (χ1) is 28.9. The quantitative estimate of drug-likeness (QED) is 0.164. The minimum atomic E-state index is -0.145. The number of rotatable bonds is 5. The fourth-order valence-corrected chi connectivity index (χ4v) is 9.17. The van der Waals surface area contributed by atoms with E-state index in [1.54, 1.807) is 0 Å². The van der Waals surface area contributed by atoms with Crippen molar-refractivity contribution < 1.29 is 0 Å². The predicted octanol–water partition coefficient (Wildman–Crippen LogP) is 13.8. The highest BCUT2D eigenvalue weighted by molar-refractivity contribution is 6.23. The van der Waals surface area contributed by atoms with E-state index in [0.29, 0.717) is 23.0 Å². The standard InChI is InChI=1S/C55H36N4/c1-55(2)50-22-11-10-21-44(50)45-28-27-39(30-51(45)55)54-58-52(36-13-4-3-5-14-36)57-53(59-54)38-16-12-15-37(29-38)47-32-49-42-19-8-6-17-40(42)46(35-25-23-34(33-56)24-26-35)31-48(49)43-20-9-7-18-41(43)47/h3-32H,1-2H3. The lowest BCUT2D eigenvalue weighted by Crippen LogP contribution is -2.15. The Morgan fingerprint density at radius 1 is 0.356 bits per heavy atom. The lowest BCUT2D eigenvalue weighted by molar-refractivity contribution is 0.660. The first-order valence-corrected chi connectivity index (χ1v) is 20.0. The Morgan fingerprint density at radius 2 is 0.847 bits per heavy atom. The van der Waals surface area contributed by atoms with Crippen LogP contribution in [0.25, 0.3) is 99.9 Å². The molecular weight excluding hydrogens is 717 g/mol. The molecule has 0 bridgehead atoms. The first-order valence-electron chi connectivity index (χ1n) is 20.0. The van der Waals surface area contributed by atoms with Gasteiger partial charge in [-0.05, 0) is 113 Å². The summed E-state index contributed by atoms with van der Waals surface area (Å²) in [5.41, 5.74) is 13.0. The zero-order chi connectivity index (χ0) is 39.7. The zero-order valence-electron chi connectivity index (χ0n) is 32.6. The smallest absolute Gasteiger partial charge is 0.164 e. The molecule has 0 spiro atoms. The molecule has 0 atom stereocenters. The second kappa shape index (κ2) is 13.4. The third-order valence-electron chi connectivity index (χ3n) is 12.1. The summed E-state index contributed by atoms with van der Waals surface area (Å²) in [5, 5.41) is 16.5. The van der Waals surface area contributed by atoms with Crippen molar-refractivity contribution in [2.75, 3.05) is 0 Å². The number of hydrogen-bond donors (Lipinski definition) is 0. The zero-order valence-corrected chi connectivity index (χ0v) is 32.6. The molecule has 0 N–H and O–H groups in total. The Labute approximate surface area is 342 Å². The lowest BCUT2D eigenvalue weighted by atomic mass is 9.82. The molecule has 1 aromatic heterocycles. The second-order valence-corrected chi connectivity index (χ2v) is 15.9. The third kappa shape index (κ3) is 5.62. The van der Waals surface area contributed by atoms with Crippen molar-refractivity contribution in [1.82, 2.24) is 15.0 Å². The van der Waals surface area contributed by atoms with E-state index in [0.717, 1.165) is 38.9 Å². The molecule has 1 heterocycles. The van der Waals surface area contributed by atoms with Crippen LogP contribution in [0.2, 0.25) is 0 Å². The molecule has 59 heavy (non-hydrogen) atoms. The Hall–Kier alpha value is -7.74. The molecule has 0 aliphatic heterocycles. The normalized spacial score (nSPS) is 12.7. The van der Waals surface area contributed by atoms with Crippen molar-refractivity contribution in [1.29, 1.82) is 5.26 Å². The monoisotopic (exact) mass is 752 g/mol. The molecule has 0 saturated carbocycles. The fourth-order valence-electron chi connectivity index (χ4n) is 9.17. The van der Waals surface area contributed by atoms with Gasteiger partial charge in [0.15, 0.2) is 17.5 Å². The summed E-state index contributed by atoms with van der Waals surface area (Å²) in [7, 11) is 0. The minimum Gasteiger partial charge on any atom is -0.208 e. The van der Waals surface area contributed by atoms with Gasteiger partial charge in [-0.1, -0.05) is 159 Å². The summed E-state index contributed by atoms with van der Waals surface area (Å²) in [4.78, 5) is 15.5. The molecule has 0 radical (unpaired) electrons. The van der Waals surface area contributed by atoms with Gasteiger partial charge in [0.05, 0.1) is 11.6 Å². The molecular formula is C55H36N4. The van der Waals surface area contributed by atoms with Gasteiger partial charge in [-0.2, -0.15) is 5.26 Å². The average molecular weight is 753 g/mol. The van der Waals surface area contributed by atoms with Crippen molar-refractivity contribution in [3.05, 3.63) is 199 Å². The second-order valence-electron chi connectivity index (χ2n) is 15.9. The van der Waals surface area contributed by atoms with Crippen LogP contribution in [0.15, 0.2) is 182 Å². The number of hydrogen-bond acceptors (Lipinski definition) is 4. The van der Waals surface area contributed by atoms with E-state index in [9.17, 15) is 5.26 Å². The van der Waals surface area contributed by atoms with E-state index < -0.39 is 0 Å². The Balaban J connectivity index is 1.08. The molecule has 4 heteroatoms. The van der Waals surface area contributed by atoms with E-state index >= 15 is 0 Å². The number of nitrogens with zero attached hydrogens (tertiary/aromatic N) is 4. The van der Waals surface area contributed by atoms with Gasteiger partial charge < -0.3 is 0 Å². The summed E-state index contributed by atoms with van der Waals surface area (Å²) in [6.45, 7) is 4.60. The highest BCUT2D eigenvalue weighted by Crippen LogP contribution is 2.49. The Kier molecular flexibility index (Phi) is 7.86.